The lowest BCUT2D eigenvalue weighted by Gasteiger charge is -2.16. The lowest BCUT2D eigenvalue weighted by Crippen LogP contribution is -2.04. The van der Waals surface area contributed by atoms with Crippen molar-refractivity contribution in [2.75, 3.05) is 0 Å². The summed E-state index contributed by atoms with van der Waals surface area (Å²) in [6, 6.07) is 29.5. The molecule has 0 aliphatic carbocycles. The molecule has 0 saturated heterocycles. The Hall–Kier alpha value is -5.28. The van der Waals surface area contributed by atoms with Crippen LogP contribution in [0.2, 0.25) is 10.0 Å². The number of ether oxygens (including phenoxy) is 1. The van der Waals surface area contributed by atoms with Crippen molar-refractivity contribution in [2.45, 2.75) is 13.0 Å². The Bertz CT molecular complexity index is 2010. The van der Waals surface area contributed by atoms with E-state index in [1.165, 1.54) is 12.1 Å². The van der Waals surface area contributed by atoms with E-state index >= 15 is 0 Å². The first-order chi connectivity index (χ1) is 22.1. The Kier molecular flexibility index (Phi) is 9.63. The number of aromatic carboxylic acids is 2. The van der Waals surface area contributed by atoms with Gasteiger partial charge in [-0.25, -0.2) is 9.59 Å². The van der Waals surface area contributed by atoms with Crippen LogP contribution < -0.4 is 10.5 Å². The van der Waals surface area contributed by atoms with Crippen LogP contribution in [0.3, 0.4) is 0 Å². The Morgan fingerprint density at radius 2 is 1.15 bits per heavy atom. The molecule has 0 bridgehead atoms. The molecule has 0 saturated carbocycles. The van der Waals surface area contributed by atoms with E-state index < -0.39 is 23.4 Å². The van der Waals surface area contributed by atoms with Crippen LogP contribution in [0.25, 0.3) is 21.5 Å². The fourth-order valence-corrected chi connectivity index (χ4v) is 5.41. The number of nitrogens with two attached hydrogens (primary N) is 1. The van der Waals surface area contributed by atoms with Crippen molar-refractivity contribution in [1.29, 1.82) is 0 Å². The summed E-state index contributed by atoms with van der Waals surface area (Å²) in [6.45, 7) is 0.428. The van der Waals surface area contributed by atoms with Gasteiger partial charge in [-0.05, 0) is 51.9 Å². The molecule has 0 heterocycles. The maximum Gasteiger partial charge on any atom is 0.339 e. The van der Waals surface area contributed by atoms with E-state index in [1.54, 1.807) is 66.7 Å². The largest absolute Gasteiger partial charge is 0.507 e. The van der Waals surface area contributed by atoms with Crippen LogP contribution in [0.5, 0.6) is 23.0 Å². The van der Waals surface area contributed by atoms with Crippen LogP contribution in [0.4, 0.5) is 0 Å². The highest BCUT2D eigenvalue weighted by molar-refractivity contribution is 6.42. The topological polar surface area (TPSA) is 150 Å². The molecule has 0 spiro atoms. The standard InChI is InChI=1S/C23H16O6.C13H11Cl2NO/c24-20-16(14-7-3-1-5-12(14)9-18(20)22(26)27)11-17-15-8-4-2-6-13(15)10-19(21(17)25)23(28)29;14-11-6-5-10(7-12(11)15)17-13-4-2-1-3-9(13)8-16/h1-10,24-25H,11H2,(H,26,27)(H,28,29);1-7H,8,16H2. The van der Waals surface area contributed by atoms with Gasteiger partial charge in [0.1, 0.15) is 34.1 Å². The first-order valence-electron chi connectivity index (χ1n) is 13.9. The number of aromatic hydroxyl groups is 2. The van der Waals surface area contributed by atoms with E-state index in [4.69, 9.17) is 33.7 Å². The number of hydrogen-bond acceptors (Lipinski definition) is 6. The summed E-state index contributed by atoms with van der Waals surface area (Å²) in [5.41, 5.74) is 6.69. The molecule has 6 aromatic rings. The fourth-order valence-electron chi connectivity index (χ4n) is 5.12. The summed E-state index contributed by atoms with van der Waals surface area (Å²) in [5.74, 6) is -1.99. The predicted molar refractivity (Wildman–Crippen MR) is 179 cm³/mol. The van der Waals surface area contributed by atoms with E-state index in [9.17, 15) is 30.0 Å². The number of fused-ring (bicyclic) bond motifs is 2. The molecule has 0 radical (unpaired) electrons. The molecule has 232 valence electrons. The number of hydrogen-bond donors (Lipinski definition) is 5. The van der Waals surface area contributed by atoms with Crippen LogP contribution in [0, 0.1) is 0 Å². The van der Waals surface area contributed by atoms with Crippen molar-refractivity contribution in [1.82, 2.24) is 0 Å². The van der Waals surface area contributed by atoms with Gasteiger partial charge in [-0.15, -0.1) is 0 Å². The van der Waals surface area contributed by atoms with E-state index in [0.29, 0.717) is 55.0 Å². The summed E-state index contributed by atoms with van der Waals surface area (Å²) >= 11 is 11.8. The highest BCUT2D eigenvalue weighted by atomic mass is 35.5. The van der Waals surface area contributed by atoms with Crippen molar-refractivity contribution >= 4 is 56.7 Å². The zero-order valence-corrected chi connectivity index (χ0v) is 25.6. The number of carboxylic acids is 2. The molecule has 0 unspecified atom stereocenters. The molecular weight excluding hydrogens is 629 g/mol. The summed E-state index contributed by atoms with van der Waals surface area (Å²) in [7, 11) is 0. The Morgan fingerprint density at radius 1 is 0.652 bits per heavy atom. The first-order valence-corrected chi connectivity index (χ1v) is 14.7. The van der Waals surface area contributed by atoms with Gasteiger partial charge < -0.3 is 30.9 Å². The SMILES string of the molecule is NCc1ccccc1Oc1ccc(Cl)c(Cl)c1.O=C(O)c1cc2ccccc2c(Cc2c(O)c(C(=O)O)cc3ccccc23)c1O. The van der Waals surface area contributed by atoms with Gasteiger partial charge in [0.25, 0.3) is 0 Å². The van der Waals surface area contributed by atoms with E-state index in [-0.39, 0.29) is 17.5 Å². The van der Waals surface area contributed by atoms with Gasteiger partial charge in [-0.1, -0.05) is 89.9 Å². The maximum absolute atomic E-state index is 11.6. The highest BCUT2D eigenvalue weighted by Gasteiger charge is 2.22. The zero-order valence-electron chi connectivity index (χ0n) is 24.1. The minimum absolute atomic E-state index is 0.0407. The second-order valence-electron chi connectivity index (χ2n) is 10.2. The van der Waals surface area contributed by atoms with Crippen molar-refractivity contribution in [3.63, 3.8) is 0 Å². The quantitative estimate of drug-likeness (QED) is 0.115. The monoisotopic (exact) mass is 655 g/mol. The van der Waals surface area contributed by atoms with Gasteiger partial charge in [0, 0.05) is 35.7 Å². The molecule has 6 aromatic carbocycles. The van der Waals surface area contributed by atoms with Crippen LogP contribution in [0.1, 0.15) is 37.4 Å². The average Bonchev–Trinajstić information content (AvgIpc) is 3.05. The number of para-hydroxylation sites is 1. The van der Waals surface area contributed by atoms with Crippen LogP contribution in [0.15, 0.2) is 103 Å². The zero-order chi connectivity index (χ0) is 33.0. The van der Waals surface area contributed by atoms with E-state index in [1.807, 2.05) is 24.3 Å². The van der Waals surface area contributed by atoms with Crippen LogP contribution >= 0.6 is 23.2 Å². The number of carboxylic acid groups (broad SMARTS) is 2. The van der Waals surface area contributed by atoms with E-state index in [2.05, 4.69) is 0 Å². The smallest absolute Gasteiger partial charge is 0.339 e. The summed E-state index contributed by atoms with van der Waals surface area (Å²) in [4.78, 5) is 23.2. The van der Waals surface area contributed by atoms with Gasteiger partial charge in [0.05, 0.1) is 10.0 Å². The molecule has 0 amide bonds. The second kappa shape index (κ2) is 13.8. The maximum atomic E-state index is 11.6. The summed E-state index contributed by atoms with van der Waals surface area (Å²) in [6.07, 6.45) is -0.0407. The molecule has 8 nitrogen and oxygen atoms in total. The Labute approximate surface area is 273 Å². The lowest BCUT2D eigenvalue weighted by molar-refractivity contribution is 0.0682. The summed E-state index contributed by atoms with van der Waals surface area (Å²) in [5, 5.41) is 43.8. The van der Waals surface area contributed by atoms with Crippen LogP contribution in [-0.4, -0.2) is 32.4 Å². The number of carbonyl (C=O) groups is 2. The second-order valence-corrected chi connectivity index (χ2v) is 11.0. The van der Waals surface area contributed by atoms with Gasteiger partial charge in [0.15, 0.2) is 0 Å². The molecule has 0 fully saturated rings. The van der Waals surface area contributed by atoms with Gasteiger partial charge in [-0.3, -0.25) is 0 Å². The molecule has 0 atom stereocenters. The van der Waals surface area contributed by atoms with Gasteiger partial charge in [-0.2, -0.15) is 0 Å². The van der Waals surface area contributed by atoms with Crippen molar-refractivity contribution < 1.29 is 34.8 Å². The summed E-state index contributed by atoms with van der Waals surface area (Å²) < 4.78 is 5.71. The predicted octanol–water partition coefficient (Wildman–Crippen LogP) is 8.64. The first kappa shape index (κ1) is 32.1. The van der Waals surface area contributed by atoms with Gasteiger partial charge >= 0.3 is 11.9 Å². The number of phenols is 2. The molecular formula is C36H27Cl2NO7. The lowest BCUT2D eigenvalue weighted by atomic mass is 9.90. The average molecular weight is 657 g/mol. The molecule has 46 heavy (non-hydrogen) atoms. The van der Waals surface area contributed by atoms with E-state index in [0.717, 1.165) is 11.3 Å². The van der Waals surface area contributed by atoms with Crippen LogP contribution in [-0.2, 0) is 13.0 Å². The molecule has 0 aliphatic heterocycles. The van der Waals surface area contributed by atoms with Crippen molar-refractivity contribution in [3.8, 4) is 23.0 Å². The normalized spacial score (nSPS) is 10.8. The number of rotatable bonds is 7. The minimum atomic E-state index is -1.28. The minimum Gasteiger partial charge on any atom is -0.507 e. The molecule has 6 N–H and O–H groups in total. The third-order valence-corrected chi connectivity index (χ3v) is 8.12. The highest BCUT2D eigenvalue weighted by Crippen LogP contribution is 2.39. The fraction of sp³-hybridized carbons (Fsp3) is 0.0556. The van der Waals surface area contributed by atoms with Gasteiger partial charge in [0.2, 0.25) is 0 Å². The molecule has 10 heteroatoms. The van der Waals surface area contributed by atoms with Crippen molar-refractivity contribution in [2.24, 2.45) is 5.73 Å². The Balaban J connectivity index is 0.000000209. The van der Waals surface area contributed by atoms with Crippen molar-refractivity contribution in [3.05, 3.63) is 141 Å². The Morgan fingerprint density at radius 3 is 1.65 bits per heavy atom. The number of benzene rings is 6. The number of halogens is 2. The third kappa shape index (κ3) is 6.69. The molecule has 6 rings (SSSR count). The molecule has 0 aliphatic rings. The third-order valence-electron chi connectivity index (χ3n) is 7.38. The molecule has 0 aromatic heterocycles.